The topological polar surface area (TPSA) is 9.23 Å². The summed E-state index contributed by atoms with van der Waals surface area (Å²) in [5.41, 5.74) is 0.565. The Morgan fingerprint density at radius 3 is 2.27 bits per heavy atom. The van der Waals surface area contributed by atoms with E-state index >= 15 is 0 Å². The third-order valence-electron chi connectivity index (χ3n) is 4.00. The van der Waals surface area contributed by atoms with Crippen molar-refractivity contribution >= 4 is 15.9 Å². The zero-order valence-electron chi connectivity index (χ0n) is 10.6. The normalized spacial score (nSPS) is 25.8. The third-order valence-corrected chi connectivity index (χ3v) is 5.19. The van der Waals surface area contributed by atoms with Crippen LogP contribution in [0, 0.1) is 5.41 Å². The number of hydrogen-bond acceptors (Lipinski definition) is 1. The molecule has 1 heterocycles. The van der Waals surface area contributed by atoms with Crippen molar-refractivity contribution < 1.29 is 4.74 Å². The van der Waals surface area contributed by atoms with Gasteiger partial charge in [-0.3, -0.25) is 0 Å². The summed E-state index contributed by atoms with van der Waals surface area (Å²) in [6.07, 6.45) is 6.64. The Hall–Kier alpha value is 0.440. The highest BCUT2D eigenvalue weighted by atomic mass is 79.9. The number of ether oxygens (including phenoxy) is 1. The Kier molecular flexibility index (Phi) is 4.66. The zero-order chi connectivity index (χ0) is 11.5. The number of halogens is 1. The molecule has 15 heavy (non-hydrogen) atoms. The lowest BCUT2D eigenvalue weighted by Gasteiger charge is -2.32. The van der Waals surface area contributed by atoms with Crippen molar-refractivity contribution in [3.05, 3.63) is 0 Å². The van der Waals surface area contributed by atoms with Gasteiger partial charge in [-0.25, -0.2) is 0 Å². The van der Waals surface area contributed by atoms with E-state index in [-0.39, 0.29) is 5.60 Å². The molecule has 1 saturated heterocycles. The van der Waals surface area contributed by atoms with E-state index in [9.17, 15) is 0 Å². The Morgan fingerprint density at radius 1 is 1.33 bits per heavy atom. The Labute approximate surface area is 103 Å². The summed E-state index contributed by atoms with van der Waals surface area (Å²) < 4.78 is 6.09. The molecule has 0 aromatic rings. The van der Waals surface area contributed by atoms with Crippen LogP contribution in [0.5, 0.6) is 0 Å². The summed E-state index contributed by atoms with van der Waals surface area (Å²) >= 11 is 3.67. The van der Waals surface area contributed by atoms with Crippen LogP contribution in [0.4, 0.5) is 0 Å². The van der Waals surface area contributed by atoms with Crippen LogP contribution in [0.1, 0.15) is 59.8 Å². The predicted molar refractivity (Wildman–Crippen MR) is 69.6 cm³/mol. The first-order valence-corrected chi connectivity index (χ1v) is 7.33. The van der Waals surface area contributed by atoms with Crippen LogP contribution < -0.4 is 0 Å². The van der Waals surface area contributed by atoms with E-state index in [2.05, 4.69) is 43.6 Å². The standard InChI is InChI=1S/C13H25BrO/c1-5-13(6-2,10-14)9-11-7-8-12(3,4)15-11/h11H,5-10H2,1-4H3. The van der Waals surface area contributed by atoms with Crippen molar-refractivity contribution in [3.63, 3.8) is 0 Å². The van der Waals surface area contributed by atoms with Crippen LogP contribution >= 0.6 is 15.9 Å². The van der Waals surface area contributed by atoms with Crippen molar-refractivity contribution in [2.75, 3.05) is 5.33 Å². The molecule has 90 valence electrons. The molecule has 0 bridgehead atoms. The molecule has 0 spiro atoms. The summed E-state index contributed by atoms with van der Waals surface area (Å²) in [7, 11) is 0. The van der Waals surface area contributed by atoms with Crippen molar-refractivity contribution in [1.82, 2.24) is 0 Å². The van der Waals surface area contributed by atoms with Crippen LogP contribution in [0.3, 0.4) is 0 Å². The van der Waals surface area contributed by atoms with Gasteiger partial charge in [-0.1, -0.05) is 29.8 Å². The van der Waals surface area contributed by atoms with Crippen LogP contribution in [0.2, 0.25) is 0 Å². The van der Waals surface area contributed by atoms with Gasteiger partial charge in [-0.15, -0.1) is 0 Å². The highest BCUT2D eigenvalue weighted by Crippen LogP contribution is 2.40. The highest BCUT2D eigenvalue weighted by molar-refractivity contribution is 9.09. The average Bonchev–Trinajstić information content (AvgIpc) is 2.55. The van der Waals surface area contributed by atoms with Crippen LogP contribution in [0.25, 0.3) is 0 Å². The van der Waals surface area contributed by atoms with E-state index < -0.39 is 0 Å². The number of hydrogen-bond donors (Lipinski definition) is 0. The molecular weight excluding hydrogens is 252 g/mol. The molecule has 0 aromatic heterocycles. The Bertz CT molecular complexity index is 188. The molecule has 2 heteroatoms. The molecule has 0 aliphatic carbocycles. The van der Waals surface area contributed by atoms with Gasteiger partial charge in [-0.05, 0) is 51.4 Å². The minimum atomic E-state index is 0.115. The first-order valence-electron chi connectivity index (χ1n) is 6.21. The average molecular weight is 277 g/mol. The van der Waals surface area contributed by atoms with E-state index in [4.69, 9.17) is 4.74 Å². The fourth-order valence-electron chi connectivity index (χ4n) is 2.49. The largest absolute Gasteiger partial charge is 0.372 e. The lowest BCUT2D eigenvalue weighted by atomic mass is 9.79. The summed E-state index contributed by atoms with van der Waals surface area (Å²) in [4.78, 5) is 0. The van der Waals surface area contributed by atoms with Gasteiger partial charge in [-0.2, -0.15) is 0 Å². The molecule has 0 radical (unpaired) electrons. The third kappa shape index (κ3) is 3.45. The molecule has 0 amide bonds. The number of rotatable bonds is 5. The van der Waals surface area contributed by atoms with Crippen molar-refractivity contribution in [2.24, 2.45) is 5.41 Å². The summed E-state index contributed by atoms with van der Waals surface area (Å²) in [6.45, 7) is 9.01. The van der Waals surface area contributed by atoms with Crippen molar-refractivity contribution in [2.45, 2.75) is 71.5 Å². The maximum Gasteiger partial charge on any atom is 0.0631 e. The van der Waals surface area contributed by atoms with Gasteiger partial charge in [0.05, 0.1) is 11.7 Å². The molecule has 1 aliphatic heterocycles. The molecule has 1 unspecified atom stereocenters. The monoisotopic (exact) mass is 276 g/mol. The second kappa shape index (κ2) is 5.18. The number of alkyl halides is 1. The van der Waals surface area contributed by atoms with Crippen molar-refractivity contribution in [3.8, 4) is 0 Å². The van der Waals surface area contributed by atoms with Gasteiger partial charge in [0, 0.05) is 5.33 Å². The minimum Gasteiger partial charge on any atom is -0.372 e. The molecule has 1 atom stereocenters. The second-order valence-electron chi connectivity index (χ2n) is 5.58. The van der Waals surface area contributed by atoms with E-state index in [0.29, 0.717) is 11.5 Å². The van der Waals surface area contributed by atoms with Crippen molar-refractivity contribution in [1.29, 1.82) is 0 Å². The van der Waals surface area contributed by atoms with E-state index in [0.717, 1.165) is 5.33 Å². The Balaban J connectivity index is 2.53. The zero-order valence-corrected chi connectivity index (χ0v) is 12.2. The van der Waals surface area contributed by atoms with Gasteiger partial charge in [0.2, 0.25) is 0 Å². The summed E-state index contributed by atoms with van der Waals surface area (Å²) in [5, 5.41) is 1.10. The molecule has 1 fully saturated rings. The van der Waals surface area contributed by atoms with Gasteiger partial charge >= 0.3 is 0 Å². The maximum atomic E-state index is 6.09. The quantitative estimate of drug-likeness (QED) is 0.670. The van der Waals surface area contributed by atoms with Gasteiger partial charge in [0.25, 0.3) is 0 Å². The minimum absolute atomic E-state index is 0.115. The predicted octanol–water partition coefficient (Wildman–Crippen LogP) is 4.54. The molecule has 1 nitrogen and oxygen atoms in total. The van der Waals surface area contributed by atoms with E-state index in [1.54, 1.807) is 0 Å². The first kappa shape index (κ1) is 13.5. The fraction of sp³-hybridized carbons (Fsp3) is 1.00. The van der Waals surface area contributed by atoms with E-state index in [1.807, 2.05) is 0 Å². The van der Waals surface area contributed by atoms with Gasteiger partial charge in [0.1, 0.15) is 0 Å². The molecule has 0 aromatic carbocycles. The lowest BCUT2D eigenvalue weighted by molar-refractivity contribution is -0.0340. The van der Waals surface area contributed by atoms with Crippen LogP contribution in [-0.4, -0.2) is 17.0 Å². The summed E-state index contributed by atoms with van der Waals surface area (Å²) in [5.74, 6) is 0. The molecule has 1 aliphatic rings. The molecule has 1 rings (SSSR count). The fourth-order valence-corrected chi connectivity index (χ4v) is 3.51. The van der Waals surface area contributed by atoms with Crippen LogP contribution in [0.15, 0.2) is 0 Å². The molecule has 0 N–H and O–H groups in total. The highest BCUT2D eigenvalue weighted by Gasteiger charge is 2.36. The van der Waals surface area contributed by atoms with Gasteiger partial charge < -0.3 is 4.74 Å². The first-order chi connectivity index (χ1) is 6.97. The Morgan fingerprint density at radius 2 is 1.93 bits per heavy atom. The lowest BCUT2D eigenvalue weighted by Crippen LogP contribution is -2.29. The maximum absolute atomic E-state index is 6.09. The summed E-state index contributed by atoms with van der Waals surface area (Å²) in [6, 6.07) is 0. The SMILES string of the molecule is CCC(CC)(CBr)CC1CCC(C)(C)O1. The van der Waals surface area contributed by atoms with E-state index in [1.165, 1.54) is 32.1 Å². The molecule has 0 saturated carbocycles. The van der Waals surface area contributed by atoms with Gasteiger partial charge in [0.15, 0.2) is 0 Å². The smallest absolute Gasteiger partial charge is 0.0631 e. The van der Waals surface area contributed by atoms with Crippen LogP contribution in [-0.2, 0) is 4.74 Å². The molecular formula is C13H25BrO. The second-order valence-corrected chi connectivity index (χ2v) is 6.14.